The molecule has 0 fully saturated rings. The normalized spacial score (nSPS) is 11.1. The van der Waals surface area contributed by atoms with E-state index in [9.17, 15) is 4.79 Å². The molecule has 0 radical (unpaired) electrons. The fourth-order valence-electron chi connectivity index (χ4n) is 2.58. The molecule has 0 unspecified atom stereocenters. The van der Waals surface area contributed by atoms with E-state index in [-0.39, 0.29) is 5.91 Å². The van der Waals surface area contributed by atoms with Gasteiger partial charge in [-0.2, -0.15) is 0 Å². The van der Waals surface area contributed by atoms with Gasteiger partial charge in [0.25, 0.3) is 0 Å². The van der Waals surface area contributed by atoms with E-state index in [1.807, 2.05) is 36.4 Å². The molecule has 0 aliphatic carbocycles. The Morgan fingerprint density at radius 2 is 1.92 bits per heavy atom. The van der Waals surface area contributed by atoms with Crippen molar-refractivity contribution in [1.82, 2.24) is 20.2 Å². The molecule has 2 aromatic heterocycles. The lowest BCUT2D eigenvalue weighted by atomic mass is 10.2. The van der Waals surface area contributed by atoms with Crippen LogP contribution in [-0.2, 0) is 4.79 Å². The van der Waals surface area contributed by atoms with Crippen LogP contribution in [0.25, 0.3) is 22.1 Å². The minimum atomic E-state index is -0.106. The number of H-pyrrole nitrogens is 1. The molecule has 2 heterocycles. The van der Waals surface area contributed by atoms with Crippen LogP contribution in [0, 0.1) is 0 Å². The maximum atomic E-state index is 12.0. The summed E-state index contributed by atoms with van der Waals surface area (Å²) in [5, 5.41) is 13.3. The van der Waals surface area contributed by atoms with Gasteiger partial charge in [0, 0.05) is 23.1 Å². The van der Waals surface area contributed by atoms with Gasteiger partial charge in [0.2, 0.25) is 11.1 Å². The minimum Gasteiger partial charge on any atom is -0.338 e. The van der Waals surface area contributed by atoms with E-state index in [0.717, 1.165) is 16.4 Å². The Balaban J connectivity index is 1.39. The van der Waals surface area contributed by atoms with Gasteiger partial charge in [-0.25, -0.2) is 4.98 Å². The molecular weight excluding hydrogens is 370 g/mol. The first-order valence-electron chi connectivity index (χ1n) is 7.99. The fraction of sp³-hybridized carbons (Fsp3) is 0.111. The average Bonchev–Trinajstić information content (AvgIpc) is 3.01. The molecule has 8 heteroatoms. The molecule has 0 spiro atoms. The number of anilines is 1. The molecule has 0 saturated heterocycles. The molecule has 1 amide bonds. The molecule has 0 atom stereocenters. The van der Waals surface area contributed by atoms with Crippen LogP contribution in [0.15, 0.2) is 53.7 Å². The number of amides is 1. The Bertz CT molecular complexity index is 1100. The Morgan fingerprint density at radius 1 is 1.12 bits per heavy atom. The van der Waals surface area contributed by atoms with Crippen LogP contribution in [-0.4, -0.2) is 31.8 Å². The monoisotopic (exact) mass is 383 g/mol. The first-order valence-corrected chi connectivity index (χ1v) is 9.35. The van der Waals surface area contributed by atoms with Crippen molar-refractivity contribution < 1.29 is 4.79 Å². The largest absolute Gasteiger partial charge is 0.338 e. The van der Waals surface area contributed by atoms with Crippen LogP contribution >= 0.6 is 23.4 Å². The van der Waals surface area contributed by atoms with Crippen molar-refractivity contribution in [1.29, 1.82) is 0 Å². The van der Waals surface area contributed by atoms with Crippen molar-refractivity contribution in [3.63, 3.8) is 0 Å². The summed E-state index contributed by atoms with van der Waals surface area (Å²) in [4.78, 5) is 19.8. The number of aromatic amines is 1. The van der Waals surface area contributed by atoms with Crippen LogP contribution in [0.4, 0.5) is 5.69 Å². The maximum Gasteiger partial charge on any atom is 0.225 e. The fourth-order valence-corrected chi connectivity index (χ4v) is 3.48. The summed E-state index contributed by atoms with van der Waals surface area (Å²) < 4.78 is 0. The summed E-state index contributed by atoms with van der Waals surface area (Å²) >= 11 is 7.43. The van der Waals surface area contributed by atoms with Gasteiger partial charge >= 0.3 is 0 Å². The number of nitrogens with one attached hydrogen (secondary N) is 2. The summed E-state index contributed by atoms with van der Waals surface area (Å²) in [6.07, 6.45) is 0.323. The second-order valence-electron chi connectivity index (χ2n) is 5.59. The van der Waals surface area contributed by atoms with Gasteiger partial charge in [0.1, 0.15) is 5.52 Å². The summed E-state index contributed by atoms with van der Waals surface area (Å²) in [6, 6.07) is 15.0. The molecule has 4 rings (SSSR count). The number of para-hydroxylation sites is 2. The number of fused-ring (bicyclic) bond motifs is 3. The van der Waals surface area contributed by atoms with Gasteiger partial charge in [-0.05, 0) is 18.2 Å². The predicted octanol–water partition coefficient (Wildman–Crippen LogP) is 4.28. The van der Waals surface area contributed by atoms with E-state index in [4.69, 9.17) is 11.6 Å². The molecule has 4 aromatic rings. The Labute approximate surface area is 158 Å². The lowest BCUT2D eigenvalue weighted by Gasteiger charge is -2.06. The Kier molecular flexibility index (Phi) is 4.73. The summed E-state index contributed by atoms with van der Waals surface area (Å²) in [6.45, 7) is 0. The second kappa shape index (κ2) is 7.31. The first-order chi connectivity index (χ1) is 12.7. The molecular formula is C18H14ClN5OS. The number of thioether (sulfide) groups is 1. The molecule has 26 heavy (non-hydrogen) atoms. The first kappa shape index (κ1) is 16.8. The van der Waals surface area contributed by atoms with Crippen LogP contribution in [0.5, 0.6) is 0 Å². The van der Waals surface area contributed by atoms with Gasteiger partial charge in [-0.3, -0.25) is 4.79 Å². The van der Waals surface area contributed by atoms with E-state index in [0.29, 0.717) is 33.7 Å². The number of nitrogens with zero attached hydrogens (tertiary/aromatic N) is 3. The minimum absolute atomic E-state index is 0.106. The summed E-state index contributed by atoms with van der Waals surface area (Å²) in [5.74, 6) is 0.439. The molecule has 2 N–H and O–H groups in total. The highest BCUT2D eigenvalue weighted by molar-refractivity contribution is 7.99. The van der Waals surface area contributed by atoms with Crippen LogP contribution in [0.1, 0.15) is 6.42 Å². The molecule has 2 aromatic carbocycles. The van der Waals surface area contributed by atoms with E-state index < -0.39 is 0 Å². The van der Waals surface area contributed by atoms with E-state index >= 15 is 0 Å². The third-order valence-corrected chi connectivity index (χ3v) is 4.98. The average molecular weight is 384 g/mol. The summed E-state index contributed by atoms with van der Waals surface area (Å²) in [7, 11) is 0. The second-order valence-corrected chi connectivity index (χ2v) is 7.06. The molecule has 0 aliphatic rings. The number of halogens is 1. The van der Waals surface area contributed by atoms with Crippen LogP contribution < -0.4 is 5.32 Å². The molecule has 0 bridgehead atoms. The van der Waals surface area contributed by atoms with Crippen molar-refractivity contribution in [3.8, 4) is 0 Å². The zero-order chi connectivity index (χ0) is 17.9. The quantitative estimate of drug-likeness (QED) is 0.502. The number of carbonyl (C=O) groups is 1. The van der Waals surface area contributed by atoms with Crippen molar-refractivity contribution in [2.45, 2.75) is 11.6 Å². The molecule has 6 nitrogen and oxygen atoms in total. The van der Waals surface area contributed by atoms with Crippen molar-refractivity contribution >= 4 is 57.0 Å². The van der Waals surface area contributed by atoms with E-state index in [2.05, 4.69) is 25.5 Å². The van der Waals surface area contributed by atoms with Crippen molar-refractivity contribution in [2.75, 3.05) is 11.1 Å². The van der Waals surface area contributed by atoms with Gasteiger partial charge in [-0.15, -0.1) is 10.2 Å². The maximum absolute atomic E-state index is 12.0. The highest BCUT2D eigenvalue weighted by Gasteiger charge is 2.10. The van der Waals surface area contributed by atoms with Gasteiger partial charge in [0.05, 0.1) is 10.7 Å². The lowest BCUT2D eigenvalue weighted by Crippen LogP contribution is -2.12. The van der Waals surface area contributed by atoms with Crippen molar-refractivity contribution in [3.05, 3.63) is 53.6 Å². The van der Waals surface area contributed by atoms with E-state index in [1.165, 1.54) is 11.8 Å². The van der Waals surface area contributed by atoms with Crippen molar-refractivity contribution in [2.24, 2.45) is 0 Å². The third-order valence-electron chi connectivity index (χ3n) is 3.81. The topological polar surface area (TPSA) is 83.6 Å². The smallest absolute Gasteiger partial charge is 0.225 e. The predicted molar refractivity (Wildman–Crippen MR) is 105 cm³/mol. The van der Waals surface area contributed by atoms with Crippen LogP contribution in [0.3, 0.4) is 0 Å². The Hall–Kier alpha value is -2.64. The number of carbonyl (C=O) groups excluding carboxylic acids is 1. The van der Waals surface area contributed by atoms with E-state index in [1.54, 1.807) is 12.1 Å². The SMILES string of the molecule is O=C(CCSc1nnc2c(n1)[nH]c1ccccc12)Nc1ccccc1Cl. The molecule has 0 aliphatic heterocycles. The highest BCUT2D eigenvalue weighted by Crippen LogP contribution is 2.24. The number of rotatable bonds is 5. The van der Waals surface area contributed by atoms with Gasteiger partial charge in [-0.1, -0.05) is 53.7 Å². The Morgan fingerprint density at radius 3 is 2.81 bits per heavy atom. The number of hydrogen-bond acceptors (Lipinski definition) is 5. The third kappa shape index (κ3) is 3.49. The summed E-state index contributed by atoms with van der Waals surface area (Å²) in [5.41, 5.74) is 3.04. The molecule has 0 saturated carbocycles. The number of hydrogen-bond donors (Lipinski definition) is 2. The zero-order valence-corrected chi connectivity index (χ0v) is 15.1. The van der Waals surface area contributed by atoms with Gasteiger partial charge < -0.3 is 10.3 Å². The van der Waals surface area contributed by atoms with Crippen LogP contribution in [0.2, 0.25) is 5.02 Å². The molecule has 130 valence electrons. The number of benzene rings is 2. The highest BCUT2D eigenvalue weighted by atomic mass is 35.5. The number of aromatic nitrogens is 4. The van der Waals surface area contributed by atoms with Gasteiger partial charge in [0.15, 0.2) is 5.65 Å². The lowest BCUT2D eigenvalue weighted by molar-refractivity contribution is -0.115. The zero-order valence-electron chi connectivity index (χ0n) is 13.6. The standard InChI is InChI=1S/C18H14ClN5OS/c19-12-6-2-4-8-14(12)20-15(25)9-10-26-18-22-17-16(23-24-18)11-5-1-3-7-13(11)21-17/h1-8H,9-10H2,(H,20,25)(H,21,22,24).